The van der Waals surface area contributed by atoms with Crippen LogP contribution in [-0.2, 0) is 16.6 Å². The van der Waals surface area contributed by atoms with E-state index in [1.807, 2.05) is 0 Å². The molecule has 1 unspecified atom stereocenters. The van der Waals surface area contributed by atoms with Gasteiger partial charge >= 0.3 is 12.4 Å². The summed E-state index contributed by atoms with van der Waals surface area (Å²) in [5, 5.41) is 12.7. The smallest absolute Gasteiger partial charge is 0.376 e. The summed E-state index contributed by atoms with van der Waals surface area (Å²) >= 11 is 0. The van der Waals surface area contributed by atoms with Crippen LogP contribution in [0.3, 0.4) is 0 Å². The fourth-order valence-electron chi connectivity index (χ4n) is 4.82. The van der Waals surface area contributed by atoms with Crippen LogP contribution in [-0.4, -0.2) is 40.6 Å². The Hall–Kier alpha value is -3.15. The summed E-state index contributed by atoms with van der Waals surface area (Å²) < 4.78 is 93.7. The quantitative estimate of drug-likeness (QED) is 0.434. The van der Waals surface area contributed by atoms with Gasteiger partial charge in [-0.05, 0) is 74.8 Å². The molecule has 0 spiro atoms. The first kappa shape index (κ1) is 28.8. The van der Waals surface area contributed by atoms with Crippen molar-refractivity contribution >= 4 is 11.8 Å². The third-order valence-corrected chi connectivity index (χ3v) is 7.34. The molecule has 2 fully saturated rings. The molecule has 2 aliphatic rings. The molecule has 39 heavy (non-hydrogen) atoms. The van der Waals surface area contributed by atoms with E-state index in [0.29, 0.717) is 38.7 Å². The maximum Gasteiger partial charge on any atom is 0.421 e. The van der Waals surface area contributed by atoms with Gasteiger partial charge in [0.15, 0.2) is 5.60 Å². The second-order valence-corrected chi connectivity index (χ2v) is 10.2. The van der Waals surface area contributed by atoms with E-state index in [4.69, 9.17) is 0 Å². The largest absolute Gasteiger partial charge is 0.421 e. The Morgan fingerprint density at radius 2 is 1.67 bits per heavy atom. The van der Waals surface area contributed by atoms with E-state index in [-0.39, 0.29) is 30.0 Å². The number of nitrogens with zero attached hydrogens (tertiary/aromatic N) is 1. The maximum atomic E-state index is 14.7. The van der Waals surface area contributed by atoms with Crippen molar-refractivity contribution in [3.8, 4) is 0 Å². The number of amides is 2. The van der Waals surface area contributed by atoms with Crippen LogP contribution >= 0.6 is 0 Å². The van der Waals surface area contributed by atoms with Crippen LogP contribution in [0.5, 0.6) is 0 Å². The number of hydrogen-bond donors (Lipinski definition) is 2. The molecule has 0 bridgehead atoms. The second kappa shape index (κ2) is 10.4. The van der Waals surface area contributed by atoms with Crippen molar-refractivity contribution in [3.05, 3.63) is 70.5 Å². The van der Waals surface area contributed by atoms with Gasteiger partial charge < -0.3 is 15.3 Å². The van der Waals surface area contributed by atoms with Gasteiger partial charge in [0.25, 0.3) is 5.91 Å². The van der Waals surface area contributed by atoms with E-state index in [2.05, 4.69) is 5.32 Å². The van der Waals surface area contributed by atoms with Gasteiger partial charge in [0, 0.05) is 17.7 Å². The van der Waals surface area contributed by atoms with Crippen LogP contribution in [0.25, 0.3) is 0 Å². The fourth-order valence-corrected chi connectivity index (χ4v) is 4.82. The van der Waals surface area contributed by atoms with Gasteiger partial charge in [-0.25, -0.2) is 4.39 Å². The van der Waals surface area contributed by atoms with E-state index < -0.39 is 58.8 Å². The lowest BCUT2D eigenvalue weighted by molar-refractivity contribution is -0.258. The second-order valence-electron chi connectivity index (χ2n) is 10.2. The van der Waals surface area contributed by atoms with E-state index in [1.165, 1.54) is 17.0 Å². The van der Waals surface area contributed by atoms with Crippen molar-refractivity contribution in [1.82, 2.24) is 10.2 Å². The van der Waals surface area contributed by atoms with Gasteiger partial charge in [0.2, 0.25) is 5.91 Å². The summed E-state index contributed by atoms with van der Waals surface area (Å²) in [5.41, 5.74) is -5.13. The number of hydrogen-bond acceptors (Lipinski definition) is 3. The number of piperidine rings is 1. The number of carbonyl (C=O) groups is 2. The monoisotopic (exact) mass is 560 g/mol. The van der Waals surface area contributed by atoms with Crippen molar-refractivity contribution in [2.45, 2.75) is 69.1 Å². The van der Waals surface area contributed by atoms with Crippen molar-refractivity contribution < 1.29 is 45.4 Å². The average Bonchev–Trinajstić information content (AvgIpc) is 3.71. The summed E-state index contributed by atoms with van der Waals surface area (Å²) in [6.07, 6.45) is -7.11. The Bertz CT molecular complexity index is 1240. The van der Waals surface area contributed by atoms with E-state index in [0.717, 1.165) is 24.3 Å². The summed E-state index contributed by atoms with van der Waals surface area (Å²) in [6, 6.07) is 4.69. The summed E-state index contributed by atoms with van der Waals surface area (Å²) in [6.45, 7) is 0.714. The Labute approximate surface area is 220 Å². The number of likely N-dealkylation sites (tertiary alicyclic amines) is 1. The third kappa shape index (κ3) is 6.05. The highest BCUT2D eigenvalue weighted by molar-refractivity contribution is 5.98. The molecule has 2 amide bonds. The van der Waals surface area contributed by atoms with Gasteiger partial charge in [-0.3, -0.25) is 9.59 Å². The summed E-state index contributed by atoms with van der Waals surface area (Å²) in [4.78, 5) is 27.9. The molecule has 1 saturated carbocycles. The maximum absolute atomic E-state index is 14.7. The topological polar surface area (TPSA) is 69.6 Å². The molecule has 2 N–H and O–H groups in total. The molecule has 4 rings (SSSR count). The lowest BCUT2D eigenvalue weighted by Gasteiger charge is -2.36. The first-order valence-corrected chi connectivity index (χ1v) is 12.5. The molecule has 1 aliphatic heterocycles. The average molecular weight is 561 g/mol. The summed E-state index contributed by atoms with van der Waals surface area (Å²) in [5.74, 6) is -2.63. The molecule has 1 heterocycles. The molecule has 0 radical (unpaired) electrons. The predicted molar refractivity (Wildman–Crippen MR) is 126 cm³/mol. The lowest BCUT2D eigenvalue weighted by atomic mass is 9.93. The molecule has 1 saturated heterocycles. The van der Waals surface area contributed by atoms with E-state index in [1.54, 1.807) is 0 Å². The Morgan fingerprint density at radius 1 is 0.974 bits per heavy atom. The predicted octanol–water partition coefficient (Wildman–Crippen LogP) is 5.88. The van der Waals surface area contributed by atoms with Crippen molar-refractivity contribution in [1.29, 1.82) is 0 Å². The van der Waals surface area contributed by atoms with Gasteiger partial charge in [-0.1, -0.05) is 18.2 Å². The number of nitrogens with one attached hydrogen (secondary N) is 1. The van der Waals surface area contributed by atoms with Crippen LogP contribution in [0.4, 0.5) is 30.7 Å². The Kier molecular flexibility index (Phi) is 7.72. The molecule has 5 nitrogen and oxygen atoms in total. The number of benzene rings is 2. The number of carbonyl (C=O) groups excluding carboxylic acids is 2. The van der Waals surface area contributed by atoms with Crippen molar-refractivity contribution in [3.63, 3.8) is 0 Å². The molecular weight excluding hydrogens is 533 g/mol. The normalized spacial score (nSPS) is 20.7. The minimum Gasteiger partial charge on any atom is -0.376 e. The molecular formula is C27H27F7N2O3. The highest BCUT2D eigenvalue weighted by Crippen LogP contribution is 2.43. The van der Waals surface area contributed by atoms with Gasteiger partial charge in [0.05, 0.1) is 11.6 Å². The molecule has 2 aromatic carbocycles. The number of aliphatic hydroxyl groups is 1. The zero-order valence-electron chi connectivity index (χ0n) is 20.9. The molecule has 0 aromatic heterocycles. The highest BCUT2D eigenvalue weighted by Gasteiger charge is 2.51. The number of alkyl halides is 6. The van der Waals surface area contributed by atoms with Gasteiger partial charge in [-0.15, -0.1) is 0 Å². The molecule has 212 valence electrons. The van der Waals surface area contributed by atoms with E-state index in [9.17, 15) is 45.4 Å². The number of halogens is 7. The van der Waals surface area contributed by atoms with Gasteiger partial charge in [-0.2, -0.15) is 26.3 Å². The highest BCUT2D eigenvalue weighted by atomic mass is 19.4. The lowest BCUT2D eigenvalue weighted by Crippen LogP contribution is -2.52. The first-order valence-electron chi connectivity index (χ1n) is 12.5. The SMILES string of the molecule is CC(O)(c1cccc(C(=O)N2CCCC[C@@H]2C(=O)N[C@@H](c2ccc(C(F)(F)F)cc2F)C2CC2)c1)C(F)(F)F. The fraction of sp³-hybridized carbons (Fsp3) is 0.481. The van der Waals surface area contributed by atoms with Crippen LogP contribution in [0, 0.1) is 11.7 Å². The van der Waals surface area contributed by atoms with Crippen LogP contribution < -0.4 is 5.32 Å². The zero-order chi connectivity index (χ0) is 28.8. The first-order chi connectivity index (χ1) is 18.1. The van der Waals surface area contributed by atoms with E-state index >= 15 is 0 Å². The molecule has 2 aromatic rings. The Balaban J connectivity index is 1.56. The van der Waals surface area contributed by atoms with Crippen LogP contribution in [0.15, 0.2) is 42.5 Å². The van der Waals surface area contributed by atoms with Crippen LogP contribution in [0.1, 0.15) is 72.1 Å². The third-order valence-electron chi connectivity index (χ3n) is 7.34. The van der Waals surface area contributed by atoms with Crippen molar-refractivity contribution in [2.75, 3.05) is 6.54 Å². The zero-order valence-corrected chi connectivity index (χ0v) is 20.9. The molecule has 3 atom stereocenters. The number of rotatable bonds is 6. The van der Waals surface area contributed by atoms with Gasteiger partial charge in [0.1, 0.15) is 11.9 Å². The standard InChI is InChI=1S/C27H27F7N2O3/c1-25(39,27(32,33)34)17-6-4-5-16(13-17)24(38)36-12-3-2-7-21(36)23(37)35-22(15-8-9-15)19-11-10-18(14-20(19)28)26(29,30)31/h4-6,10-11,13-15,21-22,39H,2-3,7-9,12H2,1H3,(H,35,37)/t21-,22-,25?/m1/s1. The Morgan fingerprint density at radius 3 is 2.26 bits per heavy atom. The minimum atomic E-state index is -4.99. The molecule has 12 heteroatoms. The van der Waals surface area contributed by atoms with Crippen LogP contribution in [0.2, 0.25) is 0 Å². The summed E-state index contributed by atoms with van der Waals surface area (Å²) in [7, 11) is 0. The minimum absolute atomic E-state index is 0.0883. The van der Waals surface area contributed by atoms with Crippen molar-refractivity contribution in [2.24, 2.45) is 5.92 Å². The molecule has 1 aliphatic carbocycles.